The normalized spacial score (nSPS) is 17.3. The van der Waals surface area contributed by atoms with Gasteiger partial charge in [-0.2, -0.15) is 22.7 Å². The van der Waals surface area contributed by atoms with E-state index in [1.54, 1.807) is 16.4 Å². The van der Waals surface area contributed by atoms with Gasteiger partial charge in [-0.15, -0.1) is 5.10 Å². The number of hydrogen-bond acceptors (Lipinski definition) is 10. The molecular formula is C40H41ClF3N9O5. The maximum atomic E-state index is 14.6. The fourth-order valence-corrected chi connectivity index (χ4v) is 7.52. The molecule has 18 heteroatoms. The summed E-state index contributed by atoms with van der Waals surface area (Å²) in [6.07, 6.45) is -0.644. The Hall–Kier alpha value is -5.81. The molecule has 1 saturated heterocycles. The minimum atomic E-state index is -4.62. The largest absolute Gasteiger partial charge is 0.485 e. The summed E-state index contributed by atoms with van der Waals surface area (Å²) in [5.41, 5.74) is 1.68. The highest BCUT2D eigenvalue weighted by Gasteiger charge is 2.39. The minimum absolute atomic E-state index is 0.0136. The van der Waals surface area contributed by atoms with Crippen LogP contribution in [-0.2, 0) is 35.3 Å². The van der Waals surface area contributed by atoms with E-state index in [1.165, 1.54) is 10.8 Å². The number of nitrogens with zero attached hydrogens (tertiary/aromatic N) is 8. The van der Waals surface area contributed by atoms with Crippen LogP contribution in [0.15, 0.2) is 65.7 Å². The highest BCUT2D eigenvalue weighted by atomic mass is 35.5. The number of halogens is 4. The van der Waals surface area contributed by atoms with Crippen molar-refractivity contribution in [2.75, 3.05) is 36.5 Å². The number of aryl methyl sites for hydroxylation is 1. The summed E-state index contributed by atoms with van der Waals surface area (Å²) in [6, 6.07) is 11.4. The summed E-state index contributed by atoms with van der Waals surface area (Å²) in [5, 5.41) is 6.94. The molecule has 5 heterocycles. The van der Waals surface area contributed by atoms with Crippen molar-refractivity contribution in [1.82, 2.24) is 34.0 Å². The van der Waals surface area contributed by atoms with Gasteiger partial charge in [0.25, 0.3) is 11.5 Å². The summed E-state index contributed by atoms with van der Waals surface area (Å²) in [4.78, 5) is 59.5. The van der Waals surface area contributed by atoms with Crippen molar-refractivity contribution in [1.29, 1.82) is 0 Å². The van der Waals surface area contributed by atoms with Crippen LogP contribution in [0.1, 0.15) is 66.0 Å². The zero-order valence-electron chi connectivity index (χ0n) is 32.2. The Kier molecular flexibility index (Phi) is 11.5. The highest BCUT2D eigenvalue weighted by molar-refractivity contribution is 6.33. The van der Waals surface area contributed by atoms with Gasteiger partial charge in [-0.1, -0.05) is 54.9 Å². The van der Waals surface area contributed by atoms with Crippen LogP contribution in [0.4, 0.5) is 24.5 Å². The van der Waals surface area contributed by atoms with Crippen molar-refractivity contribution in [2.45, 2.75) is 71.9 Å². The number of aromatic nitrogens is 6. The Labute approximate surface area is 336 Å². The lowest BCUT2D eigenvalue weighted by Gasteiger charge is -2.46. The number of piperazine rings is 1. The molecule has 14 nitrogen and oxygen atoms in total. The van der Waals surface area contributed by atoms with E-state index in [9.17, 15) is 27.6 Å². The van der Waals surface area contributed by atoms with Gasteiger partial charge >= 0.3 is 6.18 Å². The molecule has 2 atom stereocenters. The lowest BCUT2D eigenvalue weighted by atomic mass is 10.0. The molecule has 0 unspecified atom stereocenters. The smallest absolute Gasteiger partial charge is 0.416 e. The Bertz CT molecular complexity index is 2450. The van der Waals surface area contributed by atoms with Crippen LogP contribution < -0.4 is 20.5 Å². The predicted molar refractivity (Wildman–Crippen MR) is 210 cm³/mol. The number of rotatable bonds is 10. The number of carbonyl (C=O) groups is 2. The van der Waals surface area contributed by atoms with E-state index in [1.807, 2.05) is 62.1 Å². The monoisotopic (exact) mass is 819 g/mol. The SMILES string of the molecule is CCc1c(N2CCN(C(=O)c3ncnc(C)c3OCc3ccccc3)[C@H](C)[C@@H]2C)c(=O)n2nc(C3=CCOCC3)nc2n1CC(=O)Nc1ccc(C(F)(F)F)cc1Cl. The number of amides is 2. The molecule has 0 spiro atoms. The Morgan fingerprint density at radius 1 is 1.07 bits per heavy atom. The van der Waals surface area contributed by atoms with Crippen molar-refractivity contribution in [3.8, 4) is 5.75 Å². The number of alkyl halides is 3. The molecule has 7 rings (SSSR count). The second kappa shape index (κ2) is 16.6. The van der Waals surface area contributed by atoms with Crippen LogP contribution in [0.5, 0.6) is 5.75 Å². The molecule has 0 saturated carbocycles. The van der Waals surface area contributed by atoms with E-state index in [0.29, 0.717) is 36.8 Å². The number of nitrogens with one attached hydrogen (secondary N) is 1. The summed E-state index contributed by atoms with van der Waals surface area (Å²) in [5.74, 6) is -0.261. The van der Waals surface area contributed by atoms with Crippen molar-refractivity contribution < 1.29 is 32.2 Å². The standard InChI is InChI=1S/C40H41ClF3N9O5/c1-5-31-34(50-15-16-51(25(4)24(50)3)37(55)33-35(23(2)45-22-46-33)58-21-26-9-7-6-8-10-26)38(56)53-39(48-36(49-53)27-13-17-57-18-14-27)52(31)20-32(54)47-30-12-11-28(19-29(30)41)40(42,43)44/h6-13,19,22,24-25H,5,14-18,20-21H2,1-4H3,(H,47,54)/t24-,25+/m0/s1. The summed E-state index contributed by atoms with van der Waals surface area (Å²) < 4.78 is 54.3. The number of ether oxygens (including phenoxy) is 2. The van der Waals surface area contributed by atoms with Gasteiger partial charge in [0.05, 0.1) is 40.9 Å². The molecule has 0 bridgehead atoms. The molecular weight excluding hydrogens is 779 g/mol. The zero-order valence-corrected chi connectivity index (χ0v) is 33.0. The first-order chi connectivity index (χ1) is 27.8. The van der Waals surface area contributed by atoms with Crippen LogP contribution in [0.3, 0.4) is 0 Å². The number of carbonyl (C=O) groups excluding carboxylic acids is 2. The Balaban J connectivity index is 1.22. The van der Waals surface area contributed by atoms with Gasteiger partial charge in [0.1, 0.15) is 25.2 Å². The van der Waals surface area contributed by atoms with E-state index in [0.717, 1.165) is 29.3 Å². The van der Waals surface area contributed by atoms with Crippen molar-refractivity contribution in [2.24, 2.45) is 0 Å². The topological polar surface area (TPSA) is 149 Å². The first-order valence-corrected chi connectivity index (χ1v) is 19.2. The lowest BCUT2D eigenvalue weighted by Crippen LogP contribution is -2.60. The Morgan fingerprint density at radius 2 is 1.84 bits per heavy atom. The van der Waals surface area contributed by atoms with E-state index in [4.69, 9.17) is 26.1 Å². The molecule has 0 radical (unpaired) electrons. The second-order valence-electron chi connectivity index (χ2n) is 14.1. The molecule has 2 aliphatic heterocycles. The quantitative estimate of drug-likeness (QED) is 0.178. The molecule has 3 aromatic heterocycles. The van der Waals surface area contributed by atoms with Crippen molar-refractivity contribution in [3.63, 3.8) is 0 Å². The van der Waals surface area contributed by atoms with Gasteiger partial charge in [0.2, 0.25) is 11.7 Å². The van der Waals surface area contributed by atoms with Crippen molar-refractivity contribution in [3.05, 3.63) is 110 Å². The molecule has 2 aromatic carbocycles. The molecule has 2 aliphatic rings. The van der Waals surface area contributed by atoms with Crippen LogP contribution in [0.2, 0.25) is 5.02 Å². The third-order valence-electron chi connectivity index (χ3n) is 10.5. The van der Waals surface area contributed by atoms with Crippen LogP contribution in [0, 0.1) is 6.92 Å². The number of hydrogen-bond donors (Lipinski definition) is 1. The zero-order chi connectivity index (χ0) is 41.3. The summed E-state index contributed by atoms with van der Waals surface area (Å²) in [7, 11) is 0. The number of anilines is 2. The summed E-state index contributed by atoms with van der Waals surface area (Å²) in [6.45, 7) is 8.50. The predicted octanol–water partition coefficient (Wildman–Crippen LogP) is 5.98. The fourth-order valence-electron chi connectivity index (χ4n) is 7.29. The second-order valence-corrected chi connectivity index (χ2v) is 14.5. The van der Waals surface area contributed by atoms with Crippen LogP contribution >= 0.6 is 11.6 Å². The van der Waals surface area contributed by atoms with Gasteiger partial charge < -0.3 is 29.2 Å². The number of benzene rings is 2. The average molecular weight is 820 g/mol. The molecule has 1 fully saturated rings. The minimum Gasteiger partial charge on any atom is -0.485 e. The molecule has 0 aliphatic carbocycles. The first kappa shape index (κ1) is 40.4. The maximum absolute atomic E-state index is 14.6. The molecule has 1 N–H and O–H groups in total. The molecule has 304 valence electrons. The third kappa shape index (κ3) is 8.00. The fraction of sp³-hybridized carbons (Fsp3) is 0.375. The van der Waals surface area contributed by atoms with E-state index < -0.39 is 35.3 Å². The van der Waals surface area contributed by atoms with E-state index >= 15 is 0 Å². The van der Waals surface area contributed by atoms with Gasteiger partial charge in [-0.05, 0) is 62.9 Å². The maximum Gasteiger partial charge on any atom is 0.416 e. The summed E-state index contributed by atoms with van der Waals surface area (Å²) >= 11 is 6.18. The van der Waals surface area contributed by atoms with Crippen molar-refractivity contribution >= 4 is 46.1 Å². The van der Waals surface area contributed by atoms with Gasteiger partial charge in [0, 0.05) is 25.2 Å². The van der Waals surface area contributed by atoms with Crippen LogP contribution in [-0.4, -0.2) is 84.2 Å². The Morgan fingerprint density at radius 3 is 2.53 bits per heavy atom. The highest BCUT2D eigenvalue weighted by Crippen LogP contribution is 2.34. The van der Waals surface area contributed by atoms with Gasteiger partial charge in [-0.25, -0.2) is 9.97 Å². The molecule has 2 amide bonds. The average Bonchev–Trinajstić information content (AvgIpc) is 3.67. The van der Waals surface area contributed by atoms with E-state index in [2.05, 4.69) is 20.4 Å². The first-order valence-electron chi connectivity index (χ1n) is 18.8. The molecule has 5 aromatic rings. The van der Waals surface area contributed by atoms with Crippen LogP contribution in [0.25, 0.3) is 11.4 Å². The third-order valence-corrected chi connectivity index (χ3v) is 10.8. The van der Waals surface area contributed by atoms with Gasteiger partial charge in [-0.3, -0.25) is 14.4 Å². The molecule has 58 heavy (non-hydrogen) atoms. The lowest BCUT2D eigenvalue weighted by molar-refractivity contribution is -0.137. The van der Waals surface area contributed by atoms with Gasteiger partial charge in [0.15, 0.2) is 17.3 Å². The number of fused-ring (bicyclic) bond motifs is 1. The van der Waals surface area contributed by atoms with E-state index in [-0.39, 0.29) is 72.2 Å².